The quantitative estimate of drug-likeness (QED) is 0.691. The van der Waals surface area contributed by atoms with Crippen LogP contribution in [0.25, 0.3) is 0 Å². The van der Waals surface area contributed by atoms with Gasteiger partial charge in [0, 0.05) is 13.1 Å². The van der Waals surface area contributed by atoms with Gasteiger partial charge < -0.3 is 4.90 Å². The summed E-state index contributed by atoms with van der Waals surface area (Å²) in [5, 5.41) is 8.33. The van der Waals surface area contributed by atoms with E-state index in [1.54, 1.807) is 11.8 Å². The maximum absolute atomic E-state index is 11.3. The molecule has 0 aliphatic rings. The topological polar surface area (TPSA) is 44.1 Å². The molecule has 1 unspecified atom stereocenters. The maximum Gasteiger partial charge on any atom is 0.236 e. The Kier molecular flexibility index (Phi) is 5.73. The Hall–Kier alpha value is -0.560. The number of alkyl halides is 1. The first-order valence-corrected chi connectivity index (χ1v) is 4.84. The first-order valence-electron chi connectivity index (χ1n) is 3.93. The number of hydrogen-bond acceptors (Lipinski definition) is 2. The van der Waals surface area contributed by atoms with E-state index in [9.17, 15) is 4.79 Å². The van der Waals surface area contributed by atoms with Gasteiger partial charge in [-0.25, -0.2) is 0 Å². The number of halogens is 1. The van der Waals surface area contributed by atoms with Gasteiger partial charge in [0.15, 0.2) is 0 Å². The number of hydrogen-bond donors (Lipinski definition) is 0. The minimum absolute atomic E-state index is 0.0488. The molecular weight excluding hydrogens is 220 g/mol. The molecule has 0 spiro atoms. The highest BCUT2D eigenvalue weighted by Gasteiger charge is 2.15. The van der Waals surface area contributed by atoms with Crippen molar-refractivity contribution in [2.24, 2.45) is 0 Å². The second-order valence-electron chi connectivity index (χ2n) is 2.44. The van der Waals surface area contributed by atoms with Crippen molar-refractivity contribution in [3.05, 3.63) is 0 Å². The minimum atomic E-state index is -0.156. The second kappa shape index (κ2) is 6.01. The molecule has 0 N–H and O–H groups in total. The van der Waals surface area contributed by atoms with Gasteiger partial charge in [0.25, 0.3) is 0 Å². The molecule has 0 radical (unpaired) electrons. The van der Waals surface area contributed by atoms with E-state index >= 15 is 0 Å². The molecule has 68 valence electrons. The van der Waals surface area contributed by atoms with E-state index in [1.807, 2.05) is 13.0 Å². The van der Waals surface area contributed by atoms with Gasteiger partial charge in [-0.1, -0.05) is 15.9 Å². The zero-order valence-electron chi connectivity index (χ0n) is 7.38. The molecule has 0 fully saturated rings. The molecule has 12 heavy (non-hydrogen) atoms. The molecule has 0 saturated carbocycles. The summed E-state index contributed by atoms with van der Waals surface area (Å²) in [6, 6.07) is 2.02. The van der Waals surface area contributed by atoms with Gasteiger partial charge >= 0.3 is 0 Å². The summed E-state index contributed by atoms with van der Waals surface area (Å²) >= 11 is 3.20. The average Bonchev–Trinajstić information content (AvgIpc) is 2.05. The van der Waals surface area contributed by atoms with Crippen molar-refractivity contribution >= 4 is 21.8 Å². The van der Waals surface area contributed by atoms with Crippen LogP contribution in [-0.2, 0) is 4.79 Å². The predicted molar refractivity (Wildman–Crippen MR) is 50.9 cm³/mol. The number of nitriles is 1. The van der Waals surface area contributed by atoms with Crippen LogP contribution in [0.4, 0.5) is 0 Å². The van der Waals surface area contributed by atoms with Crippen LogP contribution in [0, 0.1) is 11.3 Å². The molecule has 0 aliphatic heterocycles. The highest BCUT2D eigenvalue weighted by molar-refractivity contribution is 9.10. The molecule has 0 bridgehead atoms. The lowest BCUT2D eigenvalue weighted by Crippen LogP contribution is -2.35. The summed E-state index contributed by atoms with van der Waals surface area (Å²) in [4.78, 5) is 12.9. The fraction of sp³-hybridized carbons (Fsp3) is 0.750. The largest absolute Gasteiger partial charge is 0.341 e. The number of amides is 1. The van der Waals surface area contributed by atoms with Gasteiger partial charge in [-0.15, -0.1) is 0 Å². The summed E-state index contributed by atoms with van der Waals surface area (Å²) in [6.45, 7) is 4.89. The van der Waals surface area contributed by atoms with Gasteiger partial charge in [0.05, 0.1) is 17.3 Å². The molecule has 0 aromatic heterocycles. The lowest BCUT2D eigenvalue weighted by molar-refractivity contribution is -0.129. The molecule has 0 aliphatic carbocycles. The van der Waals surface area contributed by atoms with Crippen LogP contribution in [0.3, 0.4) is 0 Å². The van der Waals surface area contributed by atoms with Crippen molar-refractivity contribution < 1.29 is 4.79 Å². The third-order valence-electron chi connectivity index (χ3n) is 1.53. The zero-order chi connectivity index (χ0) is 9.56. The average molecular weight is 233 g/mol. The van der Waals surface area contributed by atoms with Gasteiger partial charge in [-0.3, -0.25) is 4.79 Å². The minimum Gasteiger partial charge on any atom is -0.341 e. The predicted octanol–water partition coefficient (Wildman–Crippen LogP) is 1.53. The Morgan fingerprint density at radius 1 is 1.75 bits per heavy atom. The fourth-order valence-corrected chi connectivity index (χ4v) is 1.15. The van der Waals surface area contributed by atoms with E-state index in [1.165, 1.54) is 0 Å². The smallest absolute Gasteiger partial charge is 0.236 e. The lowest BCUT2D eigenvalue weighted by atomic mass is 10.3. The fourth-order valence-electron chi connectivity index (χ4n) is 0.861. The van der Waals surface area contributed by atoms with E-state index in [0.717, 1.165) is 0 Å². The Morgan fingerprint density at radius 2 is 2.33 bits per heavy atom. The first kappa shape index (κ1) is 11.4. The number of carbonyl (C=O) groups is 1. The molecule has 0 saturated heterocycles. The number of rotatable bonds is 4. The molecular formula is C8H13BrN2O. The number of nitrogens with zero attached hydrogens (tertiary/aromatic N) is 2. The summed E-state index contributed by atoms with van der Waals surface area (Å²) < 4.78 is 0. The monoisotopic (exact) mass is 232 g/mol. The van der Waals surface area contributed by atoms with Gasteiger partial charge in [0.2, 0.25) is 5.91 Å². The molecule has 0 rings (SSSR count). The summed E-state index contributed by atoms with van der Waals surface area (Å²) in [5.74, 6) is 0.0488. The van der Waals surface area contributed by atoms with Crippen molar-refractivity contribution in [2.45, 2.75) is 25.1 Å². The van der Waals surface area contributed by atoms with Crippen LogP contribution in [-0.4, -0.2) is 28.7 Å². The second-order valence-corrected chi connectivity index (χ2v) is 3.82. The molecule has 1 amide bonds. The maximum atomic E-state index is 11.3. The Labute approximate surface area is 81.5 Å². The SMILES string of the molecule is CCN(CCC#N)C(=O)C(C)Br. The van der Waals surface area contributed by atoms with Crippen molar-refractivity contribution in [1.82, 2.24) is 4.90 Å². The van der Waals surface area contributed by atoms with Gasteiger partial charge in [-0.2, -0.15) is 5.26 Å². The van der Waals surface area contributed by atoms with Crippen LogP contribution >= 0.6 is 15.9 Å². The van der Waals surface area contributed by atoms with Crippen molar-refractivity contribution in [1.29, 1.82) is 5.26 Å². The highest BCUT2D eigenvalue weighted by Crippen LogP contribution is 2.04. The molecule has 1 atom stereocenters. The van der Waals surface area contributed by atoms with Crippen LogP contribution in [0.5, 0.6) is 0 Å². The van der Waals surface area contributed by atoms with Gasteiger partial charge in [0.1, 0.15) is 0 Å². The van der Waals surface area contributed by atoms with Crippen LogP contribution in [0.15, 0.2) is 0 Å². The standard InChI is InChI=1S/C8H13BrN2O/c1-3-11(6-4-5-10)8(12)7(2)9/h7H,3-4,6H2,1-2H3. The van der Waals surface area contributed by atoms with Crippen LogP contribution in [0.2, 0.25) is 0 Å². The number of carbonyl (C=O) groups excluding carboxylic acids is 1. The molecule has 0 aromatic carbocycles. The van der Waals surface area contributed by atoms with E-state index < -0.39 is 0 Å². The van der Waals surface area contributed by atoms with E-state index in [2.05, 4.69) is 15.9 Å². The van der Waals surface area contributed by atoms with Gasteiger partial charge in [-0.05, 0) is 13.8 Å². The van der Waals surface area contributed by atoms with Crippen molar-refractivity contribution in [3.8, 4) is 6.07 Å². The normalized spacial score (nSPS) is 11.8. The molecule has 4 heteroatoms. The summed E-state index contributed by atoms with van der Waals surface area (Å²) in [7, 11) is 0. The molecule has 3 nitrogen and oxygen atoms in total. The zero-order valence-corrected chi connectivity index (χ0v) is 8.97. The Bertz CT molecular complexity index is 186. The summed E-state index contributed by atoms with van der Waals surface area (Å²) in [6.07, 6.45) is 0.402. The van der Waals surface area contributed by atoms with Crippen LogP contribution < -0.4 is 0 Å². The third-order valence-corrected chi connectivity index (χ3v) is 1.92. The van der Waals surface area contributed by atoms with Crippen molar-refractivity contribution in [2.75, 3.05) is 13.1 Å². The summed E-state index contributed by atoms with van der Waals surface area (Å²) in [5.41, 5.74) is 0. The van der Waals surface area contributed by atoms with Crippen LogP contribution in [0.1, 0.15) is 20.3 Å². The molecule has 0 heterocycles. The third kappa shape index (κ3) is 3.72. The van der Waals surface area contributed by atoms with E-state index in [4.69, 9.17) is 5.26 Å². The molecule has 0 aromatic rings. The van der Waals surface area contributed by atoms with E-state index in [-0.39, 0.29) is 10.7 Å². The lowest BCUT2D eigenvalue weighted by Gasteiger charge is -2.20. The Balaban J connectivity index is 3.98. The highest BCUT2D eigenvalue weighted by atomic mass is 79.9. The Morgan fingerprint density at radius 3 is 2.67 bits per heavy atom. The first-order chi connectivity index (χ1) is 5.63. The van der Waals surface area contributed by atoms with E-state index in [0.29, 0.717) is 19.5 Å². The van der Waals surface area contributed by atoms with Crippen molar-refractivity contribution in [3.63, 3.8) is 0 Å².